The van der Waals surface area contributed by atoms with Crippen LogP contribution in [0.25, 0.3) is 33.5 Å². The van der Waals surface area contributed by atoms with Gasteiger partial charge in [-0.3, -0.25) is 0 Å². The quantitative estimate of drug-likeness (QED) is 0.391. The van der Waals surface area contributed by atoms with Crippen molar-refractivity contribution in [3.8, 4) is 22.4 Å². The van der Waals surface area contributed by atoms with Crippen LogP contribution in [0, 0.1) is 6.92 Å². The summed E-state index contributed by atoms with van der Waals surface area (Å²) in [7, 11) is 0. The highest BCUT2D eigenvalue weighted by Gasteiger charge is 2.25. The molecule has 2 aromatic carbocycles. The van der Waals surface area contributed by atoms with E-state index in [2.05, 4.69) is 54.8 Å². The molecule has 0 fully saturated rings. The fourth-order valence-electron chi connectivity index (χ4n) is 4.43. The van der Waals surface area contributed by atoms with Gasteiger partial charge in [0.15, 0.2) is 5.65 Å². The number of nitrogens with zero attached hydrogens (tertiary/aromatic N) is 5. The van der Waals surface area contributed by atoms with E-state index in [0.29, 0.717) is 0 Å². The molecule has 0 radical (unpaired) electrons. The number of benzene rings is 2. The number of hydrogen-bond acceptors (Lipinski definition) is 5. The van der Waals surface area contributed by atoms with Gasteiger partial charge in [-0.25, -0.2) is 14.6 Å². The average molecular weight is 442 g/mol. The summed E-state index contributed by atoms with van der Waals surface area (Å²) in [4.78, 5) is 11.9. The van der Waals surface area contributed by atoms with E-state index in [-0.39, 0.29) is 6.04 Å². The number of H-pyrrole nitrogens is 1. The molecule has 4 heterocycles. The number of aryl methyl sites for hydroxylation is 2. The van der Waals surface area contributed by atoms with Crippen molar-refractivity contribution in [3.63, 3.8) is 0 Å². The van der Waals surface area contributed by atoms with Gasteiger partial charge in [0.05, 0.1) is 29.3 Å². The molecule has 0 bridgehead atoms. The van der Waals surface area contributed by atoms with Crippen LogP contribution in [0.5, 0.6) is 0 Å². The van der Waals surface area contributed by atoms with Crippen LogP contribution in [0.3, 0.4) is 0 Å². The fourth-order valence-corrected chi connectivity index (χ4v) is 4.55. The summed E-state index contributed by atoms with van der Waals surface area (Å²) in [5.41, 5.74) is 9.20. The molecule has 1 aliphatic heterocycles. The number of fused-ring (bicyclic) bond motifs is 4. The highest BCUT2D eigenvalue weighted by Crippen LogP contribution is 2.39. The Balaban J connectivity index is 1.48. The van der Waals surface area contributed by atoms with Crippen molar-refractivity contribution >= 4 is 28.5 Å². The number of rotatable bonds is 3. The maximum absolute atomic E-state index is 6.09. The van der Waals surface area contributed by atoms with Crippen molar-refractivity contribution in [2.24, 2.45) is 0 Å². The highest BCUT2D eigenvalue weighted by atomic mass is 35.5. The van der Waals surface area contributed by atoms with Crippen molar-refractivity contribution in [1.82, 2.24) is 29.9 Å². The Morgan fingerprint density at radius 3 is 2.81 bits per heavy atom. The Bertz CT molecular complexity index is 1430. The van der Waals surface area contributed by atoms with E-state index < -0.39 is 0 Å². The smallest absolute Gasteiger partial charge is 0.177 e. The molecule has 0 saturated heterocycles. The lowest BCUT2D eigenvalue weighted by Crippen LogP contribution is -2.12. The first-order valence-corrected chi connectivity index (χ1v) is 10.9. The highest BCUT2D eigenvalue weighted by molar-refractivity contribution is 6.30. The van der Waals surface area contributed by atoms with Crippen LogP contribution < -0.4 is 5.32 Å². The second kappa shape index (κ2) is 7.46. The van der Waals surface area contributed by atoms with Gasteiger partial charge in [-0.05, 0) is 60.9 Å². The molecule has 0 amide bonds. The minimum Gasteiger partial charge on any atom is -0.378 e. The molecule has 158 valence electrons. The molecule has 2 N–H and O–H groups in total. The Hall–Kier alpha value is -3.71. The third-order valence-corrected chi connectivity index (χ3v) is 6.26. The Labute approximate surface area is 189 Å². The molecule has 1 aliphatic rings. The van der Waals surface area contributed by atoms with Crippen molar-refractivity contribution in [3.05, 3.63) is 77.3 Å². The zero-order chi connectivity index (χ0) is 21.7. The maximum Gasteiger partial charge on any atom is 0.177 e. The number of anilines is 1. The van der Waals surface area contributed by atoms with Gasteiger partial charge in [-0.15, -0.1) is 5.10 Å². The minimum absolute atomic E-state index is 0.107. The summed E-state index contributed by atoms with van der Waals surface area (Å²) >= 11 is 6.09. The van der Waals surface area contributed by atoms with Crippen LogP contribution in [0.2, 0.25) is 5.02 Å². The number of aromatic amines is 1. The predicted octanol–water partition coefficient (Wildman–Crippen LogP) is 5.40. The fraction of sp³-hybridized carbons (Fsp3) is 0.167. The Kier molecular flexibility index (Phi) is 4.43. The summed E-state index contributed by atoms with van der Waals surface area (Å²) in [6.45, 7) is 2.80. The summed E-state index contributed by atoms with van der Waals surface area (Å²) in [5.74, 6) is 0. The number of pyridine rings is 1. The standard InChI is InChI=1S/C24H20ClN7/c1-14-23-19-7-2-15(16-11-22-24(26-12-16)28-13-27-22)10-20(19)21(8-9-32(23)31-30-14)29-18-5-3-17(25)4-6-18/h2-7,10-13,21,29H,8-9H2,1H3,(H,26,27,28). The van der Waals surface area contributed by atoms with Gasteiger partial charge in [0.2, 0.25) is 0 Å². The minimum atomic E-state index is 0.107. The second-order valence-electron chi connectivity index (χ2n) is 8.04. The molecule has 32 heavy (non-hydrogen) atoms. The molecule has 7 nitrogen and oxygen atoms in total. The van der Waals surface area contributed by atoms with Crippen LogP contribution in [0.4, 0.5) is 5.69 Å². The predicted molar refractivity (Wildman–Crippen MR) is 126 cm³/mol. The average Bonchev–Trinajstić information content (AvgIpc) is 3.39. The van der Waals surface area contributed by atoms with Crippen LogP contribution in [-0.2, 0) is 6.54 Å². The number of aromatic nitrogens is 6. The monoisotopic (exact) mass is 441 g/mol. The molecule has 8 heteroatoms. The van der Waals surface area contributed by atoms with Gasteiger partial charge in [-0.1, -0.05) is 28.9 Å². The van der Waals surface area contributed by atoms with E-state index in [4.69, 9.17) is 11.6 Å². The molecule has 3 aromatic heterocycles. The Morgan fingerprint density at radius 2 is 1.94 bits per heavy atom. The molecular formula is C24H20ClN7. The molecule has 0 saturated carbocycles. The van der Waals surface area contributed by atoms with Gasteiger partial charge in [0, 0.05) is 34.6 Å². The normalized spacial score (nSPS) is 15.2. The third-order valence-electron chi connectivity index (χ3n) is 6.01. The third kappa shape index (κ3) is 3.22. The first-order chi connectivity index (χ1) is 15.7. The van der Waals surface area contributed by atoms with Crippen LogP contribution in [0.1, 0.15) is 23.7 Å². The van der Waals surface area contributed by atoms with Crippen molar-refractivity contribution in [1.29, 1.82) is 0 Å². The van der Waals surface area contributed by atoms with E-state index in [1.807, 2.05) is 42.1 Å². The summed E-state index contributed by atoms with van der Waals surface area (Å²) in [6, 6.07) is 16.6. The lowest BCUT2D eigenvalue weighted by molar-refractivity contribution is 0.539. The van der Waals surface area contributed by atoms with E-state index in [1.165, 1.54) is 5.56 Å². The van der Waals surface area contributed by atoms with E-state index in [0.717, 1.165) is 62.9 Å². The second-order valence-corrected chi connectivity index (χ2v) is 8.48. The lowest BCUT2D eigenvalue weighted by atomic mass is 9.92. The lowest BCUT2D eigenvalue weighted by Gasteiger charge is -2.21. The summed E-state index contributed by atoms with van der Waals surface area (Å²) in [5, 5.41) is 13.1. The molecule has 5 aromatic rings. The zero-order valence-corrected chi connectivity index (χ0v) is 18.1. The molecule has 0 aliphatic carbocycles. The molecule has 1 unspecified atom stereocenters. The molecule has 1 atom stereocenters. The van der Waals surface area contributed by atoms with Gasteiger partial charge in [0.1, 0.15) is 0 Å². The Morgan fingerprint density at radius 1 is 1.06 bits per heavy atom. The maximum atomic E-state index is 6.09. The van der Waals surface area contributed by atoms with Crippen LogP contribution in [0.15, 0.2) is 61.1 Å². The van der Waals surface area contributed by atoms with Gasteiger partial charge in [0.25, 0.3) is 0 Å². The topological polar surface area (TPSA) is 84.3 Å². The van der Waals surface area contributed by atoms with Crippen LogP contribution in [-0.4, -0.2) is 29.9 Å². The number of nitrogens with one attached hydrogen (secondary N) is 2. The number of imidazole rings is 1. The molecule has 0 spiro atoms. The number of halogens is 1. The molecular weight excluding hydrogens is 422 g/mol. The van der Waals surface area contributed by atoms with Crippen LogP contribution >= 0.6 is 11.6 Å². The summed E-state index contributed by atoms with van der Waals surface area (Å²) < 4.78 is 2.01. The first kappa shape index (κ1) is 19.0. The van der Waals surface area contributed by atoms with Crippen molar-refractivity contribution < 1.29 is 0 Å². The van der Waals surface area contributed by atoms with Gasteiger partial charge >= 0.3 is 0 Å². The van der Waals surface area contributed by atoms with Crippen molar-refractivity contribution in [2.45, 2.75) is 25.9 Å². The first-order valence-electron chi connectivity index (χ1n) is 10.5. The number of hydrogen-bond donors (Lipinski definition) is 2. The van der Waals surface area contributed by atoms with Gasteiger partial charge in [-0.2, -0.15) is 0 Å². The SMILES string of the molecule is Cc1nnn2c1-c1ccc(-c3cnc4nc[nH]c4c3)cc1C(Nc1ccc(Cl)cc1)CC2. The molecule has 6 rings (SSSR count). The van der Waals surface area contributed by atoms with E-state index in [1.54, 1.807) is 6.33 Å². The van der Waals surface area contributed by atoms with E-state index >= 15 is 0 Å². The zero-order valence-electron chi connectivity index (χ0n) is 17.4. The van der Waals surface area contributed by atoms with Gasteiger partial charge < -0.3 is 10.3 Å². The van der Waals surface area contributed by atoms with E-state index in [9.17, 15) is 0 Å². The summed E-state index contributed by atoms with van der Waals surface area (Å²) in [6.07, 6.45) is 4.43. The van der Waals surface area contributed by atoms with Crippen molar-refractivity contribution in [2.75, 3.05) is 5.32 Å². The largest absolute Gasteiger partial charge is 0.378 e.